The Bertz CT molecular complexity index is 1010. The highest BCUT2D eigenvalue weighted by atomic mass is 16.1. The lowest BCUT2D eigenvalue weighted by atomic mass is 10.3. The van der Waals surface area contributed by atoms with Crippen LogP contribution >= 0.6 is 0 Å². The maximum Gasteiger partial charge on any atom is 0.283 e. The molecule has 0 amide bonds. The van der Waals surface area contributed by atoms with Crippen LogP contribution in [0.1, 0.15) is 5.69 Å². The van der Waals surface area contributed by atoms with Gasteiger partial charge in [-0.15, -0.1) is 5.10 Å². The fourth-order valence-corrected chi connectivity index (χ4v) is 2.37. The second-order valence-electron chi connectivity index (χ2n) is 5.01. The summed E-state index contributed by atoms with van der Waals surface area (Å²) in [6.45, 7) is 0.348. The second-order valence-corrected chi connectivity index (χ2v) is 5.01. The molecule has 0 bridgehead atoms. The molecule has 7 nitrogen and oxygen atoms in total. The van der Waals surface area contributed by atoms with E-state index in [-0.39, 0.29) is 11.1 Å². The molecule has 0 fully saturated rings. The van der Waals surface area contributed by atoms with Gasteiger partial charge in [-0.25, -0.2) is 4.98 Å². The molecule has 7 heteroatoms. The first-order valence-electron chi connectivity index (χ1n) is 7.09. The van der Waals surface area contributed by atoms with Crippen molar-refractivity contribution in [1.29, 1.82) is 0 Å². The Hall–Kier alpha value is -3.35. The van der Waals surface area contributed by atoms with Gasteiger partial charge in [-0.3, -0.25) is 14.3 Å². The smallest absolute Gasteiger partial charge is 0.283 e. The van der Waals surface area contributed by atoms with Crippen LogP contribution in [0.3, 0.4) is 0 Å². The number of rotatable bonds is 3. The average molecular weight is 304 g/mol. The Morgan fingerprint density at radius 1 is 0.957 bits per heavy atom. The predicted molar refractivity (Wildman–Crippen MR) is 84.3 cm³/mol. The second kappa shape index (κ2) is 5.45. The lowest BCUT2D eigenvalue weighted by Crippen LogP contribution is -2.22. The quantitative estimate of drug-likeness (QED) is 0.572. The van der Waals surface area contributed by atoms with E-state index in [0.717, 1.165) is 11.4 Å². The van der Waals surface area contributed by atoms with Crippen molar-refractivity contribution < 1.29 is 0 Å². The first-order valence-corrected chi connectivity index (χ1v) is 7.09. The zero-order valence-corrected chi connectivity index (χ0v) is 12.1. The average Bonchev–Trinajstić information content (AvgIpc) is 3.04. The van der Waals surface area contributed by atoms with E-state index in [2.05, 4.69) is 20.3 Å². The molecular formula is C16H12N6O. The fraction of sp³-hybridized carbons (Fsp3) is 0.0625. The zero-order valence-electron chi connectivity index (χ0n) is 12.1. The molecule has 0 saturated heterocycles. The van der Waals surface area contributed by atoms with E-state index in [1.807, 2.05) is 48.5 Å². The number of para-hydroxylation sites is 1. The van der Waals surface area contributed by atoms with Crippen LogP contribution < -0.4 is 5.56 Å². The molecule has 0 unspecified atom stereocenters. The molecule has 0 saturated carbocycles. The van der Waals surface area contributed by atoms with Crippen molar-refractivity contribution in [2.45, 2.75) is 6.54 Å². The molecule has 0 spiro atoms. The van der Waals surface area contributed by atoms with Crippen LogP contribution in [-0.2, 0) is 6.54 Å². The Kier molecular flexibility index (Phi) is 3.16. The largest absolute Gasteiger partial charge is 0.291 e. The molecule has 0 radical (unpaired) electrons. The summed E-state index contributed by atoms with van der Waals surface area (Å²) in [5.74, 6) is 0. The van der Waals surface area contributed by atoms with Gasteiger partial charge in [-0.1, -0.05) is 29.5 Å². The summed E-state index contributed by atoms with van der Waals surface area (Å²) in [5.41, 5.74) is 2.05. The van der Waals surface area contributed by atoms with Crippen molar-refractivity contribution in [1.82, 2.24) is 29.5 Å². The van der Waals surface area contributed by atoms with Gasteiger partial charge in [-0.05, 0) is 24.3 Å². The van der Waals surface area contributed by atoms with E-state index in [1.165, 1.54) is 10.9 Å². The third-order valence-corrected chi connectivity index (χ3v) is 3.49. The Morgan fingerprint density at radius 2 is 1.78 bits per heavy atom. The fourth-order valence-electron chi connectivity index (χ4n) is 2.37. The molecule has 0 atom stereocenters. The minimum atomic E-state index is -0.233. The number of benzene rings is 1. The van der Waals surface area contributed by atoms with Crippen LogP contribution in [0.5, 0.6) is 0 Å². The summed E-state index contributed by atoms with van der Waals surface area (Å²) in [5, 5.41) is 8.04. The Balaban J connectivity index is 1.80. The SMILES string of the molecule is O=c1c2nnn(-c3ccccc3)c2ncn1Cc1ccccn1. The van der Waals surface area contributed by atoms with Crippen LogP contribution in [0.4, 0.5) is 0 Å². The van der Waals surface area contributed by atoms with Gasteiger partial charge in [0, 0.05) is 6.20 Å². The van der Waals surface area contributed by atoms with Crippen molar-refractivity contribution in [2.75, 3.05) is 0 Å². The van der Waals surface area contributed by atoms with Gasteiger partial charge in [-0.2, -0.15) is 4.68 Å². The standard InChI is InChI=1S/C16H12N6O/c23-16-14-15(22(20-19-14)13-7-2-1-3-8-13)18-11-21(16)10-12-6-4-5-9-17-12/h1-9,11H,10H2. The summed E-state index contributed by atoms with van der Waals surface area (Å²) in [6, 6.07) is 15.0. The summed E-state index contributed by atoms with van der Waals surface area (Å²) < 4.78 is 3.04. The minimum Gasteiger partial charge on any atom is -0.291 e. The highest BCUT2D eigenvalue weighted by Gasteiger charge is 2.13. The first-order chi connectivity index (χ1) is 11.3. The molecule has 0 aliphatic carbocycles. The summed E-state index contributed by atoms with van der Waals surface area (Å²) in [7, 11) is 0. The topological polar surface area (TPSA) is 78.5 Å². The normalized spacial score (nSPS) is 11.0. The summed E-state index contributed by atoms with van der Waals surface area (Å²) >= 11 is 0. The lowest BCUT2D eigenvalue weighted by Gasteiger charge is -2.04. The van der Waals surface area contributed by atoms with Crippen LogP contribution in [-0.4, -0.2) is 29.5 Å². The number of nitrogens with zero attached hydrogens (tertiary/aromatic N) is 6. The van der Waals surface area contributed by atoms with Gasteiger partial charge in [0.15, 0.2) is 11.2 Å². The van der Waals surface area contributed by atoms with E-state index in [4.69, 9.17) is 0 Å². The number of hydrogen-bond donors (Lipinski definition) is 0. The number of pyridine rings is 1. The molecule has 4 rings (SSSR count). The van der Waals surface area contributed by atoms with Crippen LogP contribution in [0.25, 0.3) is 16.9 Å². The monoisotopic (exact) mass is 304 g/mol. The zero-order chi connectivity index (χ0) is 15.6. The molecule has 112 valence electrons. The van der Waals surface area contributed by atoms with Crippen molar-refractivity contribution in [3.8, 4) is 5.69 Å². The van der Waals surface area contributed by atoms with Crippen LogP contribution in [0.15, 0.2) is 65.8 Å². The van der Waals surface area contributed by atoms with Crippen molar-refractivity contribution in [2.24, 2.45) is 0 Å². The van der Waals surface area contributed by atoms with Gasteiger partial charge in [0.25, 0.3) is 5.56 Å². The van der Waals surface area contributed by atoms with Gasteiger partial charge in [0.1, 0.15) is 6.33 Å². The molecule has 4 aromatic rings. The molecule has 23 heavy (non-hydrogen) atoms. The summed E-state index contributed by atoms with van der Waals surface area (Å²) in [4.78, 5) is 21.1. The molecule has 0 aliphatic heterocycles. The highest BCUT2D eigenvalue weighted by Crippen LogP contribution is 2.11. The van der Waals surface area contributed by atoms with E-state index in [9.17, 15) is 4.79 Å². The van der Waals surface area contributed by atoms with E-state index in [1.54, 1.807) is 10.9 Å². The molecule has 0 N–H and O–H groups in total. The molecular weight excluding hydrogens is 292 g/mol. The van der Waals surface area contributed by atoms with E-state index in [0.29, 0.717) is 12.2 Å². The van der Waals surface area contributed by atoms with Crippen molar-refractivity contribution in [3.05, 3.63) is 77.1 Å². The third-order valence-electron chi connectivity index (χ3n) is 3.49. The predicted octanol–water partition coefficient (Wildman–Crippen LogP) is 1.42. The number of aromatic nitrogens is 6. The van der Waals surface area contributed by atoms with Crippen LogP contribution in [0.2, 0.25) is 0 Å². The van der Waals surface area contributed by atoms with E-state index >= 15 is 0 Å². The Labute approximate surface area is 130 Å². The van der Waals surface area contributed by atoms with Gasteiger partial charge in [0.05, 0.1) is 17.9 Å². The van der Waals surface area contributed by atoms with Crippen molar-refractivity contribution in [3.63, 3.8) is 0 Å². The van der Waals surface area contributed by atoms with Crippen molar-refractivity contribution >= 4 is 11.2 Å². The number of fused-ring (bicyclic) bond motifs is 1. The van der Waals surface area contributed by atoms with Gasteiger partial charge in [0.2, 0.25) is 0 Å². The number of hydrogen-bond acceptors (Lipinski definition) is 5. The molecule has 0 aliphatic rings. The lowest BCUT2D eigenvalue weighted by molar-refractivity contribution is 0.727. The molecule has 3 heterocycles. The maximum absolute atomic E-state index is 12.6. The molecule has 3 aromatic heterocycles. The minimum absolute atomic E-state index is 0.233. The van der Waals surface area contributed by atoms with Gasteiger partial charge >= 0.3 is 0 Å². The third kappa shape index (κ3) is 2.38. The van der Waals surface area contributed by atoms with Gasteiger partial charge < -0.3 is 0 Å². The van der Waals surface area contributed by atoms with Crippen LogP contribution in [0, 0.1) is 0 Å². The maximum atomic E-state index is 12.6. The Morgan fingerprint density at radius 3 is 2.57 bits per heavy atom. The highest BCUT2D eigenvalue weighted by molar-refractivity contribution is 5.70. The van der Waals surface area contributed by atoms with E-state index < -0.39 is 0 Å². The molecule has 1 aromatic carbocycles. The first kappa shape index (κ1) is 13.3. The summed E-state index contributed by atoms with van der Waals surface area (Å²) in [6.07, 6.45) is 3.19.